The molecular weight excluding hydrogens is 382 g/mol. The summed E-state index contributed by atoms with van der Waals surface area (Å²) in [6, 6.07) is 8.23. The molecule has 0 saturated carbocycles. The molecule has 0 spiro atoms. The minimum atomic E-state index is -0.536. The van der Waals surface area contributed by atoms with Crippen molar-refractivity contribution in [1.82, 2.24) is 4.98 Å². The summed E-state index contributed by atoms with van der Waals surface area (Å²) in [7, 11) is 1.28. The average molecular weight is 404 g/mol. The maximum atomic E-state index is 12.6. The summed E-state index contributed by atoms with van der Waals surface area (Å²) in [5.74, 6) is -0.899. The molecule has 1 aliphatic heterocycles. The number of pyridine rings is 1. The van der Waals surface area contributed by atoms with Crippen LogP contribution < -0.4 is 10.2 Å². The quantitative estimate of drug-likeness (QED) is 0.788. The Morgan fingerprint density at radius 2 is 1.93 bits per heavy atom. The van der Waals surface area contributed by atoms with E-state index < -0.39 is 5.97 Å². The summed E-state index contributed by atoms with van der Waals surface area (Å²) in [6.07, 6.45) is 1.84. The number of carbonyl (C=O) groups is 2. The number of hydrogen-bond donors (Lipinski definition) is 1. The maximum Gasteiger partial charge on any atom is 0.339 e. The zero-order valence-corrected chi connectivity index (χ0v) is 16.7. The van der Waals surface area contributed by atoms with Gasteiger partial charge in [-0.15, -0.1) is 0 Å². The van der Waals surface area contributed by atoms with Crippen LogP contribution in [0.1, 0.15) is 34.7 Å². The van der Waals surface area contributed by atoms with Gasteiger partial charge in [-0.05, 0) is 44.2 Å². The lowest BCUT2D eigenvalue weighted by molar-refractivity contribution is -0.00522. The van der Waals surface area contributed by atoms with Crippen molar-refractivity contribution in [2.24, 2.45) is 0 Å². The molecule has 0 bridgehead atoms. The topological polar surface area (TPSA) is 80.8 Å². The van der Waals surface area contributed by atoms with Crippen LogP contribution in [-0.2, 0) is 9.47 Å². The first kappa shape index (κ1) is 20.1. The van der Waals surface area contributed by atoms with Crippen molar-refractivity contribution in [1.29, 1.82) is 0 Å². The largest absolute Gasteiger partial charge is 0.465 e. The summed E-state index contributed by atoms with van der Waals surface area (Å²) < 4.78 is 10.4. The third-order valence-corrected chi connectivity index (χ3v) is 4.71. The molecule has 1 saturated heterocycles. The van der Waals surface area contributed by atoms with Crippen LogP contribution in [0.3, 0.4) is 0 Å². The lowest BCUT2D eigenvalue weighted by Gasteiger charge is -2.36. The van der Waals surface area contributed by atoms with E-state index in [0.717, 1.165) is 18.8 Å². The number of rotatable bonds is 4. The minimum absolute atomic E-state index is 0.115. The zero-order chi connectivity index (χ0) is 20.3. The van der Waals surface area contributed by atoms with E-state index >= 15 is 0 Å². The summed E-state index contributed by atoms with van der Waals surface area (Å²) in [5, 5.41) is 2.95. The molecule has 2 atom stereocenters. The molecule has 28 heavy (non-hydrogen) atoms. The van der Waals surface area contributed by atoms with E-state index in [1.807, 2.05) is 19.9 Å². The van der Waals surface area contributed by atoms with Crippen LogP contribution in [0, 0.1) is 0 Å². The van der Waals surface area contributed by atoms with Crippen LogP contribution in [0.5, 0.6) is 0 Å². The molecule has 3 rings (SSSR count). The predicted octanol–water partition coefficient (Wildman–Crippen LogP) is 3.39. The number of hydrogen-bond acceptors (Lipinski definition) is 6. The van der Waals surface area contributed by atoms with Crippen molar-refractivity contribution in [3.05, 3.63) is 52.8 Å². The molecule has 2 heterocycles. The molecule has 0 radical (unpaired) electrons. The molecule has 148 valence electrons. The Morgan fingerprint density at radius 1 is 1.21 bits per heavy atom. The number of halogens is 1. The van der Waals surface area contributed by atoms with Gasteiger partial charge in [-0.3, -0.25) is 9.78 Å². The summed E-state index contributed by atoms with van der Waals surface area (Å²) in [4.78, 5) is 30.6. The molecule has 1 aromatic carbocycles. The smallest absolute Gasteiger partial charge is 0.339 e. The van der Waals surface area contributed by atoms with Gasteiger partial charge in [0.05, 0.1) is 29.9 Å². The molecule has 7 nitrogen and oxygen atoms in total. The van der Waals surface area contributed by atoms with Crippen molar-refractivity contribution in [2.75, 3.05) is 30.4 Å². The first-order valence-corrected chi connectivity index (χ1v) is 9.31. The van der Waals surface area contributed by atoms with Crippen molar-refractivity contribution < 1.29 is 19.1 Å². The fourth-order valence-electron chi connectivity index (χ4n) is 3.19. The lowest BCUT2D eigenvalue weighted by atomic mass is 10.2. The van der Waals surface area contributed by atoms with Gasteiger partial charge >= 0.3 is 5.97 Å². The van der Waals surface area contributed by atoms with Crippen LogP contribution in [0.25, 0.3) is 0 Å². The fraction of sp³-hybridized carbons (Fsp3) is 0.350. The molecule has 1 aromatic heterocycles. The molecule has 1 fully saturated rings. The predicted molar refractivity (Wildman–Crippen MR) is 107 cm³/mol. The number of aromatic nitrogens is 1. The normalized spacial score (nSPS) is 19.2. The highest BCUT2D eigenvalue weighted by molar-refractivity contribution is 6.34. The van der Waals surface area contributed by atoms with Crippen molar-refractivity contribution in [2.45, 2.75) is 26.1 Å². The number of esters is 1. The number of nitrogens with zero attached hydrogens (tertiary/aromatic N) is 2. The van der Waals surface area contributed by atoms with Gasteiger partial charge in [0.2, 0.25) is 0 Å². The van der Waals surface area contributed by atoms with Crippen molar-refractivity contribution in [3.63, 3.8) is 0 Å². The Kier molecular flexibility index (Phi) is 6.16. The number of morpholine rings is 1. The molecule has 1 aliphatic rings. The number of nitrogens with one attached hydrogen (secondary N) is 1. The Bertz CT molecular complexity index is 880. The molecule has 1 N–H and O–H groups in total. The Balaban J connectivity index is 1.75. The van der Waals surface area contributed by atoms with Crippen LogP contribution in [0.2, 0.25) is 5.02 Å². The number of amides is 1. The van der Waals surface area contributed by atoms with Crippen LogP contribution in [0.4, 0.5) is 11.4 Å². The number of carbonyl (C=O) groups excluding carboxylic acids is 2. The van der Waals surface area contributed by atoms with Gasteiger partial charge in [0.25, 0.3) is 5.91 Å². The van der Waals surface area contributed by atoms with E-state index in [4.69, 9.17) is 16.3 Å². The Labute approximate surface area is 168 Å². The molecule has 2 aromatic rings. The van der Waals surface area contributed by atoms with Crippen molar-refractivity contribution in [3.8, 4) is 0 Å². The second-order valence-electron chi connectivity index (χ2n) is 6.70. The maximum absolute atomic E-state index is 12.6. The van der Waals surface area contributed by atoms with Crippen LogP contribution in [0.15, 0.2) is 36.5 Å². The summed E-state index contributed by atoms with van der Waals surface area (Å²) in [5.41, 5.74) is 1.90. The second kappa shape index (κ2) is 8.58. The van der Waals surface area contributed by atoms with Crippen molar-refractivity contribution >= 4 is 34.9 Å². The van der Waals surface area contributed by atoms with E-state index in [1.165, 1.54) is 19.2 Å². The number of ether oxygens (including phenoxy) is 2. The fourth-order valence-corrected chi connectivity index (χ4v) is 3.45. The van der Waals surface area contributed by atoms with Crippen LogP contribution in [-0.4, -0.2) is 49.3 Å². The van der Waals surface area contributed by atoms with E-state index in [0.29, 0.717) is 5.69 Å². The first-order chi connectivity index (χ1) is 13.4. The Morgan fingerprint density at radius 3 is 2.57 bits per heavy atom. The van der Waals surface area contributed by atoms with Gasteiger partial charge in [0.15, 0.2) is 0 Å². The number of methoxy groups -OCH3 is 1. The lowest BCUT2D eigenvalue weighted by Crippen LogP contribution is -2.45. The Hall–Kier alpha value is -2.64. The standard InChI is InChI=1S/C20H22ClN3O4/c1-12-10-24(11-13(2)28-12)15-6-7-22-18(9-15)19(25)23-14-4-5-16(17(21)8-14)20(26)27-3/h4-9,12-13H,10-11H2,1-3H3,(H,23,25). The van der Waals surface area contributed by atoms with E-state index in [-0.39, 0.29) is 34.4 Å². The van der Waals surface area contributed by atoms with E-state index in [2.05, 4.69) is 19.9 Å². The highest BCUT2D eigenvalue weighted by Gasteiger charge is 2.23. The van der Waals surface area contributed by atoms with E-state index in [9.17, 15) is 9.59 Å². The number of benzene rings is 1. The molecule has 2 unspecified atom stereocenters. The first-order valence-electron chi connectivity index (χ1n) is 8.93. The average Bonchev–Trinajstić information content (AvgIpc) is 2.67. The minimum Gasteiger partial charge on any atom is -0.465 e. The third-order valence-electron chi connectivity index (χ3n) is 4.39. The van der Waals surface area contributed by atoms with Gasteiger partial charge in [-0.1, -0.05) is 11.6 Å². The molecular formula is C20H22ClN3O4. The molecule has 1 amide bonds. The van der Waals surface area contributed by atoms with Gasteiger partial charge in [-0.2, -0.15) is 0 Å². The van der Waals surface area contributed by atoms with Gasteiger partial charge < -0.3 is 19.7 Å². The zero-order valence-electron chi connectivity index (χ0n) is 15.9. The summed E-state index contributed by atoms with van der Waals surface area (Å²) in [6.45, 7) is 5.55. The van der Waals surface area contributed by atoms with E-state index in [1.54, 1.807) is 18.3 Å². The van der Waals surface area contributed by atoms with Crippen LogP contribution >= 0.6 is 11.6 Å². The monoisotopic (exact) mass is 403 g/mol. The second-order valence-corrected chi connectivity index (χ2v) is 7.11. The highest BCUT2D eigenvalue weighted by atomic mass is 35.5. The number of anilines is 2. The third kappa shape index (κ3) is 4.61. The van der Waals surface area contributed by atoms with Gasteiger partial charge in [0.1, 0.15) is 5.69 Å². The van der Waals surface area contributed by atoms with Gasteiger partial charge in [0, 0.05) is 30.7 Å². The summed E-state index contributed by atoms with van der Waals surface area (Å²) >= 11 is 6.10. The highest BCUT2D eigenvalue weighted by Crippen LogP contribution is 2.23. The SMILES string of the molecule is COC(=O)c1ccc(NC(=O)c2cc(N3CC(C)OC(C)C3)ccn2)cc1Cl. The molecule has 0 aliphatic carbocycles. The molecule has 8 heteroatoms. The van der Waals surface area contributed by atoms with Gasteiger partial charge in [-0.25, -0.2) is 4.79 Å².